The summed E-state index contributed by atoms with van der Waals surface area (Å²) in [6, 6.07) is 18.4. The molecule has 2 heteroatoms. The van der Waals surface area contributed by atoms with Gasteiger partial charge in [-0.15, -0.1) is 0 Å². The predicted octanol–water partition coefficient (Wildman–Crippen LogP) is 3.85. The van der Waals surface area contributed by atoms with Crippen molar-refractivity contribution in [2.75, 3.05) is 7.11 Å². The third-order valence-electron chi connectivity index (χ3n) is 3.23. The maximum Gasteiger partial charge on any atom is 0.118 e. The number of hydrogen-bond acceptors (Lipinski definition) is 2. The lowest BCUT2D eigenvalue weighted by molar-refractivity contribution is 0.414. The molecule has 0 spiro atoms. The molecule has 0 heterocycles. The molecule has 1 atom stereocenters. The van der Waals surface area contributed by atoms with E-state index in [0.29, 0.717) is 0 Å². The van der Waals surface area contributed by atoms with Crippen molar-refractivity contribution in [3.63, 3.8) is 0 Å². The fourth-order valence-electron chi connectivity index (χ4n) is 2.03. The smallest absolute Gasteiger partial charge is 0.118 e. The van der Waals surface area contributed by atoms with Gasteiger partial charge in [-0.1, -0.05) is 42.0 Å². The van der Waals surface area contributed by atoms with Crippen molar-refractivity contribution < 1.29 is 4.74 Å². The van der Waals surface area contributed by atoms with E-state index < -0.39 is 0 Å². The van der Waals surface area contributed by atoms with Crippen molar-refractivity contribution in [1.82, 2.24) is 0 Å². The second-order valence-electron chi connectivity index (χ2n) is 4.64. The molecule has 0 amide bonds. The maximum atomic E-state index is 9.34. The number of benzene rings is 2. The molecule has 2 nitrogen and oxygen atoms in total. The molecule has 0 fully saturated rings. The monoisotopic (exact) mass is 251 g/mol. The molecular weight excluding hydrogens is 234 g/mol. The summed E-state index contributed by atoms with van der Waals surface area (Å²) in [7, 11) is 1.65. The van der Waals surface area contributed by atoms with Crippen LogP contribution >= 0.6 is 0 Å². The van der Waals surface area contributed by atoms with Crippen molar-refractivity contribution in [1.29, 1.82) is 5.26 Å². The fourth-order valence-corrected chi connectivity index (χ4v) is 2.03. The maximum absolute atomic E-state index is 9.34. The Hall–Kier alpha value is -2.27. The molecule has 2 aromatic rings. The molecule has 0 aliphatic rings. The van der Waals surface area contributed by atoms with E-state index in [1.807, 2.05) is 48.5 Å². The fraction of sp³-hybridized carbons (Fsp3) is 0.235. The number of ether oxygens (including phenoxy) is 1. The van der Waals surface area contributed by atoms with Gasteiger partial charge in [-0.2, -0.15) is 5.26 Å². The van der Waals surface area contributed by atoms with Crippen LogP contribution in [0.5, 0.6) is 5.75 Å². The lowest BCUT2D eigenvalue weighted by Crippen LogP contribution is -2.00. The standard InChI is InChI=1S/C17H17NO/c1-13-3-7-15(8-4-13)16(12-18)11-14-5-9-17(19-2)10-6-14/h3-10,16H,11H2,1-2H3. The first-order chi connectivity index (χ1) is 9.22. The molecule has 1 unspecified atom stereocenters. The molecule has 0 N–H and O–H groups in total. The molecule has 2 rings (SSSR count). The van der Waals surface area contributed by atoms with Crippen molar-refractivity contribution in [2.24, 2.45) is 0 Å². The number of rotatable bonds is 4. The minimum Gasteiger partial charge on any atom is -0.497 e. The minimum absolute atomic E-state index is 0.103. The second-order valence-corrected chi connectivity index (χ2v) is 4.64. The number of hydrogen-bond donors (Lipinski definition) is 0. The minimum atomic E-state index is -0.103. The van der Waals surface area contributed by atoms with Crippen molar-refractivity contribution >= 4 is 0 Å². The molecule has 19 heavy (non-hydrogen) atoms. The average molecular weight is 251 g/mol. The van der Waals surface area contributed by atoms with Gasteiger partial charge in [0.1, 0.15) is 5.75 Å². The van der Waals surface area contributed by atoms with E-state index >= 15 is 0 Å². The third kappa shape index (κ3) is 3.35. The Morgan fingerprint density at radius 2 is 1.68 bits per heavy atom. The predicted molar refractivity (Wildman–Crippen MR) is 76.2 cm³/mol. The van der Waals surface area contributed by atoms with E-state index in [1.54, 1.807) is 7.11 Å². The Kier molecular flexibility index (Phi) is 4.20. The topological polar surface area (TPSA) is 33.0 Å². The molecule has 0 bridgehead atoms. The Labute approximate surface area is 114 Å². The zero-order chi connectivity index (χ0) is 13.7. The van der Waals surface area contributed by atoms with Crippen LogP contribution in [0.2, 0.25) is 0 Å². The van der Waals surface area contributed by atoms with Crippen LogP contribution in [0.1, 0.15) is 22.6 Å². The third-order valence-corrected chi connectivity index (χ3v) is 3.23. The van der Waals surface area contributed by atoms with Crippen LogP contribution in [0.3, 0.4) is 0 Å². The van der Waals surface area contributed by atoms with Crippen LogP contribution in [0.4, 0.5) is 0 Å². The first kappa shape index (κ1) is 13.2. The van der Waals surface area contributed by atoms with Gasteiger partial charge in [0.2, 0.25) is 0 Å². The van der Waals surface area contributed by atoms with Gasteiger partial charge in [0.15, 0.2) is 0 Å². The summed E-state index contributed by atoms with van der Waals surface area (Å²) >= 11 is 0. The van der Waals surface area contributed by atoms with E-state index in [-0.39, 0.29) is 5.92 Å². The summed E-state index contributed by atoms with van der Waals surface area (Å²) in [5, 5.41) is 9.34. The summed E-state index contributed by atoms with van der Waals surface area (Å²) in [5.41, 5.74) is 3.43. The molecule has 0 aromatic heterocycles. The van der Waals surface area contributed by atoms with Crippen molar-refractivity contribution in [3.05, 3.63) is 65.2 Å². The lowest BCUT2D eigenvalue weighted by Gasteiger charge is -2.10. The number of nitriles is 1. The zero-order valence-corrected chi connectivity index (χ0v) is 11.3. The van der Waals surface area contributed by atoms with Crippen LogP contribution in [0.15, 0.2) is 48.5 Å². The highest BCUT2D eigenvalue weighted by atomic mass is 16.5. The Morgan fingerprint density at radius 1 is 1.05 bits per heavy atom. The van der Waals surface area contributed by atoms with Crippen LogP contribution < -0.4 is 4.74 Å². The summed E-state index contributed by atoms with van der Waals surface area (Å²) in [6.45, 7) is 2.05. The number of aryl methyl sites for hydroxylation is 1. The van der Waals surface area contributed by atoms with Crippen LogP contribution in [-0.2, 0) is 6.42 Å². The first-order valence-electron chi connectivity index (χ1n) is 6.32. The highest BCUT2D eigenvalue weighted by Crippen LogP contribution is 2.22. The van der Waals surface area contributed by atoms with Gasteiger partial charge >= 0.3 is 0 Å². The normalized spacial score (nSPS) is 11.6. The molecule has 2 aromatic carbocycles. The van der Waals surface area contributed by atoms with E-state index in [2.05, 4.69) is 13.0 Å². The molecule has 0 radical (unpaired) electrons. The summed E-state index contributed by atoms with van der Waals surface area (Å²) < 4.78 is 5.13. The van der Waals surface area contributed by atoms with E-state index in [1.165, 1.54) is 5.56 Å². The highest BCUT2D eigenvalue weighted by molar-refractivity contribution is 5.33. The SMILES string of the molecule is COc1ccc(CC(C#N)c2ccc(C)cc2)cc1. The second kappa shape index (κ2) is 6.06. The summed E-state index contributed by atoms with van der Waals surface area (Å²) in [6.07, 6.45) is 0.726. The molecule has 96 valence electrons. The first-order valence-corrected chi connectivity index (χ1v) is 6.32. The van der Waals surface area contributed by atoms with Gasteiger partial charge in [-0.25, -0.2) is 0 Å². The van der Waals surface area contributed by atoms with E-state index in [9.17, 15) is 5.26 Å². The van der Waals surface area contributed by atoms with Gasteiger partial charge in [-0.3, -0.25) is 0 Å². The van der Waals surface area contributed by atoms with Gasteiger partial charge in [-0.05, 0) is 36.6 Å². The molecule has 0 aliphatic heterocycles. The lowest BCUT2D eigenvalue weighted by atomic mass is 9.93. The molecule has 0 aliphatic carbocycles. The average Bonchev–Trinajstić information content (AvgIpc) is 2.46. The summed E-state index contributed by atoms with van der Waals surface area (Å²) in [5.74, 6) is 0.738. The highest BCUT2D eigenvalue weighted by Gasteiger charge is 2.11. The zero-order valence-electron chi connectivity index (χ0n) is 11.3. The summed E-state index contributed by atoms with van der Waals surface area (Å²) in [4.78, 5) is 0. The number of methoxy groups -OCH3 is 1. The Balaban J connectivity index is 2.14. The largest absolute Gasteiger partial charge is 0.497 e. The van der Waals surface area contributed by atoms with Crippen LogP contribution in [0, 0.1) is 18.3 Å². The molecule has 0 saturated carbocycles. The van der Waals surface area contributed by atoms with Gasteiger partial charge in [0, 0.05) is 0 Å². The van der Waals surface area contributed by atoms with Gasteiger partial charge < -0.3 is 4.74 Å². The quantitative estimate of drug-likeness (QED) is 0.826. The Bertz CT molecular complexity index is 564. The van der Waals surface area contributed by atoms with E-state index in [0.717, 1.165) is 23.3 Å². The van der Waals surface area contributed by atoms with Crippen molar-refractivity contribution in [2.45, 2.75) is 19.3 Å². The van der Waals surface area contributed by atoms with Crippen LogP contribution in [-0.4, -0.2) is 7.11 Å². The molecule has 0 saturated heterocycles. The number of nitrogens with zero attached hydrogens (tertiary/aromatic N) is 1. The van der Waals surface area contributed by atoms with Crippen LogP contribution in [0.25, 0.3) is 0 Å². The van der Waals surface area contributed by atoms with Crippen molar-refractivity contribution in [3.8, 4) is 11.8 Å². The van der Waals surface area contributed by atoms with Gasteiger partial charge in [0.05, 0.1) is 19.1 Å². The van der Waals surface area contributed by atoms with Gasteiger partial charge in [0.25, 0.3) is 0 Å². The Morgan fingerprint density at radius 3 is 2.21 bits per heavy atom. The van der Waals surface area contributed by atoms with E-state index in [4.69, 9.17) is 4.74 Å². The molecular formula is C17H17NO.